The molecule has 1 aliphatic rings. The van der Waals surface area contributed by atoms with Crippen molar-refractivity contribution in [1.29, 1.82) is 0 Å². The van der Waals surface area contributed by atoms with Gasteiger partial charge in [-0.2, -0.15) is 0 Å². The van der Waals surface area contributed by atoms with Crippen molar-refractivity contribution in [3.63, 3.8) is 0 Å². The van der Waals surface area contributed by atoms with Gasteiger partial charge in [0.2, 0.25) is 0 Å². The lowest BCUT2D eigenvalue weighted by Crippen LogP contribution is -2.53. The highest BCUT2D eigenvalue weighted by Gasteiger charge is 2.33. The van der Waals surface area contributed by atoms with Crippen molar-refractivity contribution in [2.75, 3.05) is 13.1 Å². The molecule has 0 bridgehead atoms. The van der Waals surface area contributed by atoms with Crippen LogP contribution in [0.2, 0.25) is 0 Å². The number of carbonyl (C=O) groups is 1. The first-order chi connectivity index (χ1) is 13.0. The zero-order chi connectivity index (χ0) is 19.4. The number of aliphatic carboxylic acids is 1. The number of nitro groups is 1. The zero-order valence-electron chi connectivity index (χ0n) is 15.0. The van der Waals surface area contributed by atoms with Crippen LogP contribution in [0.15, 0.2) is 29.6 Å². The summed E-state index contributed by atoms with van der Waals surface area (Å²) in [6.45, 7) is 3.44. The van der Waals surface area contributed by atoms with Crippen LogP contribution >= 0.6 is 11.3 Å². The van der Waals surface area contributed by atoms with Crippen molar-refractivity contribution in [1.82, 2.24) is 15.2 Å². The van der Waals surface area contributed by atoms with Crippen LogP contribution in [-0.4, -0.2) is 51.1 Å². The van der Waals surface area contributed by atoms with E-state index in [0.717, 1.165) is 35.7 Å². The number of hydrogen-bond donors (Lipinski definition) is 2. The Hall–Kier alpha value is -2.36. The number of nitro benzene ring substituents is 1. The number of rotatable bonds is 9. The SMILES string of the molecule is CCN(CC(=O)O)C1CC(NCc2csc(-c3cccc([N+](=O)[O-])c3)n2)C1. The van der Waals surface area contributed by atoms with Crippen molar-refractivity contribution in [2.45, 2.75) is 38.4 Å². The van der Waals surface area contributed by atoms with Gasteiger partial charge in [0, 0.05) is 41.7 Å². The Morgan fingerprint density at radius 3 is 2.93 bits per heavy atom. The van der Waals surface area contributed by atoms with Crippen LogP contribution in [0.4, 0.5) is 5.69 Å². The highest BCUT2D eigenvalue weighted by atomic mass is 32.1. The first-order valence-electron chi connectivity index (χ1n) is 8.84. The lowest BCUT2D eigenvalue weighted by Gasteiger charge is -2.42. The highest BCUT2D eigenvalue weighted by molar-refractivity contribution is 7.13. The van der Waals surface area contributed by atoms with Crippen LogP contribution in [0.5, 0.6) is 0 Å². The quantitative estimate of drug-likeness (QED) is 0.500. The molecule has 1 saturated carbocycles. The van der Waals surface area contributed by atoms with E-state index in [1.54, 1.807) is 6.07 Å². The van der Waals surface area contributed by atoms with Gasteiger partial charge in [0.05, 0.1) is 17.2 Å². The minimum atomic E-state index is -0.788. The summed E-state index contributed by atoms with van der Waals surface area (Å²) in [6, 6.07) is 7.17. The molecular formula is C18H22N4O4S. The summed E-state index contributed by atoms with van der Waals surface area (Å²) in [5, 5.41) is 26.0. The first kappa shape index (κ1) is 19.4. The zero-order valence-corrected chi connectivity index (χ0v) is 15.8. The predicted octanol–water partition coefficient (Wildman–Crippen LogP) is 2.75. The Kier molecular flexibility index (Phi) is 6.15. The maximum absolute atomic E-state index is 10.9. The average molecular weight is 390 g/mol. The Morgan fingerprint density at radius 1 is 1.48 bits per heavy atom. The molecule has 3 rings (SSSR count). The molecule has 0 unspecified atom stereocenters. The van der Waals surface area contributed by atoms with Crippen LogP contribution in [0, 0.1) is 10.1 Å². The minimum Gasteiger partial charge on any atom is -0.480 e. The average Bonchev–Trinajstić information content (AvgIpc) is 3.08. The van der Waals surface area contributed by atoms with E-state index in [-0.39, 0.29) is 12.2 Å². The van der Waals surface area contributed by atoms with E-state index in [0.29, 0.717) is 18.6 Å². The third-order valence-electron chi connectivity index (χ3n) is 4.80. The van der Waals surface area contributed by atoms with Gasteiger partial charge < -0.3 is 10.4 Å². The van der Waals surface area contributed by atoms with Crippen LogP contribution in [0.25, 0.3) is 10.6 Å². The number of nitrogens with one attached hydrogen (secondary N) is 1. The smallest absolute Gasteiger partial charge is 0.317 e. The maximum atomic E-state index is 10.9. The monoisotopic (exact) mass is 390 g/mol. The summed E-state index contributed by atoms with van der Waals surface area (Å²) in [4.78, 5) is 27.9. The molecule has 9 heteroatoms. The van der Waals surface area contributed by atoms with Crippen molar-refractivity contribution in [2.24, 2.45) is 0 Å². The fourth-order valence-electron chi connectivity index (χ4n) is 3.25. The van der Waals surface area contributed by atoms with E-state index in [4.69, 9.17) is 5.11 Å². The van der Waals surface area contributed by atoms with Gasteiger partial charge in [-0.3, -0.25) is 19.8 Å². The summed E-state index contributed by atoms with van der Waals surface area (Å²) in [5.41, 5.74) is 1.71. The standard InChI is InChI=1S/C18H22N4O4S/c1-2-21(10-17(23)24)16-7-13(8-16)19-9-14-11-27-18(20-14)12-4-3-5-15(6-12)22(25)26/h3-6,11,13,16,19H,2,7-10H2,1H3,(H,23,24). The van der Waals surface area contributed by atoms with Gasteiger partial charge in [-0.15, -0.1) is 11.3 Å². The summed E-state index contributed by atoms with van der Waals surface area (Å²) in [5.74, 6) is -0.788. The van der Waals surface area contributed by atoms with E-state index in [1.807, 2.05) is 23.3 Å². The predicted molar refractivity (Wildman–Crippen MR) is 103 cm³/mol. The molecule has 1 heterocycles. The number of carboxylic acids is 1. The lowest BCUT2D eigenvalue weighted by atomic mass is 9.85. The van der Waals surface area contributed by atoms with Gasteiger partial charge in [0.1, 0.15) is 5.01 Å². The number of nitrogens with zero attached hydrogens (tertiary/aromatic N) is 3. The van der Waals surface area contributed by atoms with Crippen LogP contribution in [0.1, 0.15) is 25.5 Å². The lowest BCUT2D eigenvalue weighted by molar-refractivity contribution is -0.384. The highest BCUT2D eigenvalue weighted by Crippen LogP contribution is 2.28. The van der Waals surface area contributed by atoms with Crippen molar-refractivity contribution < 1.29 is 14.8 Å². The molecule has 0 spiro atoms. The van der Waals surface area contributed by atoms with Crippen molar-refractivity contribution in [3.05, 3.63) is 45.5 Å². The normalized spacial score (nSPS) is 19.0. The summed E-state index contributed by atoms with van der Waals surface area (Å²) >= 11 is 1.47. The molecule has 1 aliphatic carbocycles. The fraction of sp³-hybridized carbons (Fsp3) is 0.444. The molecule has 0 saturated heterocycles. The third kappa shape index (κ3) is 4.88. The molecular weight excluding hydrogens is 368 g/mol. The molecule has 0 aliphatic heterocycles. The molecule has 1 aromatic carbocycles. The second kappa shape index (κ2) is 8.55. The largest absolute Gasteiger partial charge is 0.480 e. The molecule has 27 heavy (non-hydrogen) atoms. The molecule has 1 fully saturated rings. The summed E-state index contributed by atoms with van der Waals surface area (Å²) < 4.78 is 0. The van der Waals surface area contributed by atoms with Gasteiger partial charge in [0.15, 0.2) is 0 Å². The molecule has 0 atom stereocenters. The van der Waals surface area contributed by atoms with Gasteiger partial charge in [-0.1, -0.05) is 19.1 Å². The number of thiazole rings is 1. The molecule has 1 aromatic heterocycles. The second-order valence-electron chi connectivity index (χ2n) is 6.61. The topological polar surface area (TPSA) is 109 Å². The number of hydrogen-bond acceptors (Lipinski definition) is 7. The van der Waals surface area contributed by atoms with Gasteiger partial charge in [0.25, 0.3) is 5.69 Å². The number of benzene rings is 1. The molecule has 2 N–H and O–H groups in total. The van der Waals surface area contributed by atoms with Crippen molar-refractivity contribution in [3.8, 4) is 10.6 Å². The van der Waals surface area contributed by atoms with Crippen LogP contribution in [-0.2, 0) is 11.3 Å². The third-order valence-corrected chi connectivity index (χ3v) is 5.74. The Morgan fingerprint density at radius 2 is 2.26 bits per heavy atom. The van der Waals surface area contributed by atoms with E-state index >= 15 is 0 Å². The first-order valence-corrected chi connectivity index (χ1v) is 9.72. The van der Waals surface area contributed by atoms with Gasteiger partial charge in [-0.25, -0.2) is 4.98 Å². The molecule has 0 amide bonds. The number of aromatic nitrogens is 1. The molecule has 144 valence electrons. The van der Waals surface area contributed by atoms with Crippen LogP contribution in [0.3, 0.4) is 0 Å². The van der Waals surface area contributed by atoms with Gasteiger partial charge in [-0.05, 0) is 19.4 Å². The Balaban J connectivity index is 1.50. The van der Waals surface area contributed by atoms with Gasteiger partial charge >= 0.3 is 5.97 Å². The number of carboxylic acid groups (broad SMARTS) is 1. The summed E-state index contributed by atoms with van der Waals surface area (Å²) in [6.07, 6.45) is 1.87. The molecule has 8 nitrogen and oxygen atoms in total. The number of likely N-dealkylation sites (N-methyl/N-ethyl adjacent to an activating group) is 1. The van der Waals surface area contributed by atoms with E-state index in [9.17, 15) is 14.9 Å². The Bertz CT molecular complexity index is 819. The van der Waals surface area contributed by atoms with E-state index in [1.165, 1.54) is 23.5 Å². The second-order valence-corrected chi connectivity index (χ2v) is 7.47. The van der Waals surface area contributed by atoms with Crippen LogP contribution < -0.4 is 5.32 Å². The number of non-ortho nitro benzene ring substituents is 1. The minimum absolute atomic E-state index is 0.0599. The molecule has 0 radical (unpaired) electrons. The fourth-order valence-corrected chi connectivity index (χ4v) is 4.06. The Labute approximate surface area is 161 Å². The van der Waals surface area contributed by atoms with Crippen molar-refractivity contribution >= 4 is 23.0 Å². The van der Waals surface area contributed by atoms with E-state index < -0.39 is 10.9 Å². The maximum Gasteiger partial charge on any atom is 0.317 e. The van der Waals surface area contributed by atoms with E-state index in [2.05, 4.69) is 10.3 Å². The molecule has 2 aromatic rings. The summed E-state index contributed by atoms with van der Waals surface area (Å²) in [7, 11) is 0.